The van der Waals surface area contributed by atoms with Crippen molar-refractivity contribution in [1.82, 2.24) is 4.57 Å². The minimum atomic E-state index is 0.224. The molecular weight excluding hydrogens is 330 g/mol. The number of fused-ring (bicyclic) bond motifs is 3. The Morgan fingerprint density at radius 2 is 1.96 bits per heavy atom. The summed E-state index contributed by atoms with van der Waals surface area (Å²) in [6.07, 6.45) is 3.79. The first-order valence-corrected chi connectivity index (χ1v) is 9.29. The monoisotopic (exact) mass is 351 g/mol. The Balaban J connectivity index is 1.74. The molecule has 1 atom stereocenters. The van der Waals surface area contributed by atoms with Crippen LogP contribution in [0.15, 0.2) is 42.5 Å². The predicted molar refractivity (Wildman–Crippen MR) is 104 cm³/mol. The molecule has 1 aromatic heterocycles. The van der Waals surface area contributed by atoms with E-state index in [0.29, 0.717) is 6.42 Å². The molecule has 0 saturated carbocycles. The van der Waals surface area contributed by atoms with Gasteiger partial charge in [0.25, 0.3) is 0 Å². The minimum Gasteiger partial charge on any atom is -0.347 e. The summed E-state index contributed by atoms with van der Waals surface area (Å²) in [5, 5.41) is 1.94. The Morgan fingerprint density at radius 3 is 2.72 bits per heavy atom. The lowest BCUT2D eigenvalue weighted by Gasteiger charge is -2.24. The van der Waals surface area contributed by atoms with Crippen molar-refractivity contribution in [2.75, 3.05) is 0 Å². The highest BCUT2D eigenvalue weighted by Crippen LogP contribution is 2.43. The number of aromatic nitrogens is 1. The summed E-state index contributed by atoms with van der Waals surface area (Å²) in [6, 6.07) is 14.0. The highest BCUT2D eigenvalue weighted by molar-refractivity contribution is 6.35. The summed E-state index contributed by atoms with van der Waals surface area (Å²) in [7, 11) is 2.11. The van der Waals surface area contributed by atoms with E-state index in [4.69, 9.17) is 11.6 Å². The van der Waals surface area contributed by atoms with Crippen molar-refractivity contribution >= 4 is 28.3 Å². The zero-order valence-electron chi connectivity index (χ0n) is 14.7. The van der Waals surface area contributed by atoms with E-state index in [0.717, 1.165) is 35.2 Å². The predicted octanol–water partition coefficient (Wildman–Crippen LogP) is 5.83. The van der Waals surface area contributed by atoms with Gasteiger partial charge in [-0.15, -0.1) is 0 Å². The quantitative estimate of drug-likeness (QED) is 0.544. The van der Waals surface area contributed by atoms with E-state index < -0.39 is 0 Å². The smallest absolute Gasteiger partial charge is 0.163 e. The van der Waals surface area contributed by atoms with Crippen LogP contribution in [-0.2, 0) is 13.5 Å². The Morgan fingerprint density at radius 1 is 1.20 bits per heavy atom. The molecule has 2 nitrogen and oxygen atoms in total. The van der Waals surface area contributed by atoms with Gasteiger partial charge in [-0.05, 0) is 49.8 Å². The molecule has 0 amide bonds. The molecule has 1 aliphatic rings. The maximum Gasteiger partial charge on any atom is 0.163 e. The number of rotatable bonds is 3. The van der Waals surface area contributed by atoms with Crippen LogP contribution in [0.5, 0.6) is 0 Å². The first-order chi connectivity index (χ1) is 12.1. The lowest BCUT2D eigenvalue weighted by atomic mass is 9.81. The van der Waals surface area contributed by atoms with Crippen LogP contribution >= 0.6 is 11.6 Å². The van der Waals surface area contributed by atoms with Crippen molar-refractivity contribution < 1.29 is 4.79 Å². The minimum absolute atomic E-state index is 0.224. The molecule has 0 N–H and O–H groups in total. The third-order valence-electron chi connectivity index (χ3n) is 5.52. The summed E-state index contributed by atoms with van der Waals surface area (Å²) in [4.78, 5) is 12.8. The molecule has 128 valence electrons. The molecule has 1 aliphatic carbocycles. The average Bonchev–Trinajstić information content (AvgIpc) is 2.91. The second-order valence-electron chi connectivity index (χ2n) is 7.14. The van der Waals surface area contributed by atoms with Gasteiger partial charge in [0, 0.05) is 35.6 Å². The first-order valence-electron chi connectivity index (χ1n) is 8.92. The second-order valence-corrected chi connectivity index (χ2v) is 7.54. The summed E-state index contributed by atoms with van der Waals surface area (Å²) < 4.78 is 2.26. The number of hydrogen-bond donors (Lipinski definition) is 0. The van der Waals surface area contributed by atoms with Crippen LogP contribution in [0.2, 0.25) is 5.02 Å². The Hall–Kier alpha value is -2.06. The molecule has 3 heteroatoms. The normalized spacial score (nSPS) is 16.8. The van der Waals surface area contributed by atoms with Crippen molar-refractivity contribution in [3.05, 3.63) is 69.9 Å². The van der Waals surface area contributed by atoms with Gasteiger partial charge in [-0.25, -0.2) is 0 Å². The summed E-state index contributed by atoms with van der Waals surface area (Å²) in [5.41, 5.74) is 5.81. The van der Waals surface area contributed by atoms with Crippen LogP contribution in [0.3, 0.4) is 0 Å². The Labute approximate surface area is 153 Å². The van der Waals surface area contributed by atoms with Crippen molar-refractivity contribution in [3.8, 4) is 0 Å². The average molecular weight is 352 g/mol. The maximum absolute atomic E-state index is 12.8. The third-order valence-corrected chi connectivity index (χ3v) is 5.83. The lowest BCUT2D eigenvalue weighted by Crippen LogP contribution is -2.15. The second kappa shape index (κ2) is 6.34. The largest absolute Gasteiger partial charge is 0.347 e. The van der Waals surface area contributed by atoms with Crippen molar-refractivity contribution in [2.24, 2.45) is 7.05 Å². The molecular formula is C22H22ClNO. The number of nitrogens with zero attached hydrogens (tertiary/aromatic N) is 1. The van der Waals surface area contributed by atoms with Gasteiger partial charge in [-0.3, -0.25) is 4.79 Å². The number of Topliss-reactive ketones (excluding diaryl/α,β-unsaturated/α-hetero) is 1. The summed E-state index contributed by atoms with van der Waals surface area (Å²) in [6.45, 7) is 2.04. The molecule has 3 aromatic rings. The molecule has 0 aliphatic heterocycles. The fraction of sp³-hybridized carbons (Fsp3) is 0.318. The Kier molecular flexibility index (Phi) is 4.16. The number of halogens is 1. The maximum atomic E-state index is 12.8. The SMILES string of the molecule is Cc1ccc(C(=O)CC2CCCc3c2c2c(Cl)cccc2n3C)cc1. The van der Waals surface area contributed by atoms with E-state index in [1.807, 2.05) is 43.3 Å². The molecule has 1 heterocycles. The van der Waals surface area contributed by atoms with Crippen LogP contribution < -0.4 is 0 Å². The zero-order valence-corrected chi connectivity index (χ0v) is 15.4. The molecule has 0 spiro atoms. The molecule has 0 radical (unpaired) electrons. The van der Waals surface area contributed by atoms with Crippen molar-refractivity contribution in [2.45, 2.75) is 38.5 Å². The summed E-state index contributed by atoms with van der Waals surface area (Å²) >= 11 is 6.55. The highest BCUT2D eigenvalue weighted by atomic mass is 35.5. The number of benzene rings is 2. The molecule has 2 aromatic carbocycles. The van der Waals surface area contributed by atoms with E-state index in [1.54, 1.807) is 0 Å². The van der Waals surface area contributed by atoms with Crippen LogP contribution in [-0.4, -0.2) is 10.4 Å². The van der Waals surface area contributed by atoms with E-state index in [-0.39, 0.29) is 11.7 Å². The molecule has 0 fully saturated rings. The first kappa shape index (κ1) is 16.4. The van der Waals surface area contributed by atoms with Gasteiger partial charge in [0.15, 0.2) is 5.78 Å². The van der Waals surface area contributed by atoms with E-state index in [9.17, 15) is 4.79 Å². The fourth-order valence-electron chi connectivity index (χ4n) is 4.22. The van der Waals surface area contributed by atoms with Crippen LogP contribution in [0, 0.1) is 6.92 Å². The van der Waals surface area contributed by atoms with Gasteiger partial charge in [0.05, 0.1) is 5.02 Å². The topological polar surface area (TPSA) is 22.0 Å². The van der Waals surface area contributed by atoms with Gasteiger partial charge >= 0.3 is 0 Å². The molecule has 4 rings (SSSR count). The zero-order chi connectivity index (χ0) is 17.6. The molecule has 1 unspecified atom stereocenters. The van der Waals surface area contributed by atoms with Crippen molar-refractivity contribution in [3.63, 3.8) is 0 Å². The van der Waals surface area contributed by atoms with Gasteiger partial charge < -0.3 is 4.57 Å². The van der Waals surface area contributed by atoms with E-state index in [1.165, 1.54) is 22.3 Å². The molecule has 0 bridgehead atoms. The lowest BCUT2D eigenvalue weighted by molar-refractivity contribution is 0.0971. The third kappa shape index (κ3) is 2.79. The number of hydrogen-bond acceptors (Lipinski definition) is 1. The number of carbonyl (C=O) groups excluding carboxylic acids is 1. The molecule has 25 heavy (non-hydrogen) atoms. The Bertz CT molecular complexity index is 952. The van der Waals surface area contributed by atoms with E-state index >= 15 is 0 Å². The van der Waals surface area contributed by atoms with E-state index in [2.05, 4.69) is 17.7 Å². The highest BCUT2D eigenvalue weighted by Gasteiger charge is 2.29. The fourth-order valence-corrected chi connectivity index (χ4v) is 4.49. The summed E-state index contributed by atoms with van der Waals surface area (Å²) in [5.74, 6) is 0.475. The van der Waals surface area contributed by atoms with Gasteiger partial charge in [0.2, 0.25) is 0 Å². The van der Waals surface area contributed by atoms with Crippen molar-refractivity contribution in [1.29, 1.82) is 0 Å². The van der Waals surface area contributed by atoms with Gasteiger partial charge in [0.1, 0.15) is 0 Å². The standard InChI is InChI=1S/C22H22ClNO/c1-14-9-11-15(12-10-14)20(25)13-16-5-3-7-18-21(16)22-17(23)6-4-8-19(22)24(18)2/h4,6,8-12,16H,3,5,7,13H2,1-2H3. The van der Waals surface area contributed by atoms with Crippen LogP contribution in [0.4, 0.5) is 0 Å². The van der Waals surface area contributed by atoms with Crippen LogP contribution in [0.25, 0.3) is 10.9 Å². The van der Waals surface area contributed by atoms with Crippen LogP contribution in [0.1, 0.15) is 52.4 Å². The number of carbonyl (C=O) groups is 1. The molecule has 0 saturated heterocycles. The van der Waals surface area contributed by atoms with Gasteiger partial charge in [-0.1, -0.05) is 47.5 Å². The van der Waals surface area contributed by atoms with Gasteiger partial charge in [-0.2, -0.15) is 0 Å². The number of aryl methyl sites for hydroxylation is 2. The number of ketones is 1.